The van der Waals surface area contributed by atoms with E-state index < -0.39 is 0 Å². The predicted octanol–water partition coefficient (Wildman–Crippen LogP) is 1.61. The van der Waals surface area contributed by atoms with Crippen LogP contribution in [0.2, 0.25) is 0 Å². The zero-order chi connectivity index (χ0) is 17.6. The second-order valence-electron chi connectivity index (χ2n) is 7.32. The fourth-order valence-electron chi connectivity index (χ4n) is 4.04. The maximum atomic E-state index is 12.5. The molecule has 0 radical (unpaired) electrons. The summed E-state index contributed by atoms with van der Waals surface area (Å²) in [4.78, 5) is 40.1. The highest BCUT2D eigenvalue weighted by molar-refractivity contribution is 5.95. The summed E-state index contributed by atoms with van der Waals surface area (Å²) in [5.74, 6) is -0.00358. The summed E-state index contributed by atoms with van der Waals surface area (Å²) in [5.41, 5.74) is 1.45. The van der Waals surface area contributed by atoms with Gasteiger partial charge in [-0.3, -0.25) is 14.4 Å². The van der Waals surface area contributed by atoms with Crippen LogP contribution in [0.25, 0.3) is 0 Å². The first-order valence-corrected chi connectivity index (χ1v) is 9.68. The standard InChI is InChI=1S/C19H29N3O3/c23-17(20-11-9-15-6-2-1-3-7-15)10-13-21-14-18(24)22-12-5-4-8-16(22)19(21)25/h6,16H,1-5,7-14H2,(H,20,23). The molecule has 1 unspecified atom stereocenters. The van der Waals surface area contributed by atoms with Crippen molar-refractivity contribution in [1.82, 2.24) is 15.1 Å². The van der Waals surface area contributed by atoms with Gasteiger partial charge in [-0.1, -0.05) is 11.6 Å². The van der Waals surface area contributed by atoms with Gasteiger partial charge in [0.1, 0.15) is 6.04 Å². The Kier molecular flexibility index (Phi) is 6.10. The normalized spacial score (nSPS) is 24.0. The van der Waals surface area contributed by atoms with Gasteiger partial charge in [-0.25, -0.2) is 0 Å². The van der Waals surface area contributed by atoms with Gasteiger partial charge in [-0.2, -0.15) is 0 Å². The second-order valence-corrected chi connectivity index (χ2v) is 7.32. The van der Waals surface area contributed by atoms with Crippen molar-refractivity contribution in [3.63, 3.8) is 0 Å². The van der Waals surface area contributed by atoms with Crippen molar-refractivity contribution >= 4 is 17.7 Å². The summed E-state index contributed by atoms with van der Waals surface area (Å²) >= 11 is 0. The Bertz CT molecular complexity index is 558. The summed E-state index contributed by atoms with van der Waals surface area (Å²) in [6, 6.07) is -0.295. The van der Waals surface area contributed by atoms with Crippen LogP contribution in [0.3, 0.4) is 0 Å². The van der Waals surface area contributed by atoms with Gasteiger partial charge < -0.3 is 15.1 Å². The summed E-state index contributed by atoms with van der Waals surface area (Å²) in [6.07, 6.45) is 11.0. The molecule has 1 atom stereocenters. The maximum Gasteiger partial charge on any atom is 0.245 e. The number of hydrogen-bond acceptors (Lipinski definition) is 3. The van der Waals surface area contributed by atoms with Gasteiger partial charge in [0.2, 0.25) is 17.7 Å². The van der Waals surface area contributed by atoms with Crippen LogP contribution in [0.1, 0.15) is 57.8 Å². The second kappa shape index (κ2) is 8.50. The predicted molar refractivity (Wildman–Crippen MR) is 94.7 cm³/mol. The van der Waals surface area contributed by atoms with Crippen molar-refractivity contribution in [2.75, 3.05) is 26.2 Å². The van der Waals surface area contributed by atoms with E-state index in [9.17, 15) is 14.4 Å². The van der Waals surface area contributed by atoms with E-state index >= 15 is 0 Å². The molecule has 6 heteroatoms. The van der Waals surface area contributed by atoms with Crippen LogP contribution in [-0.2, 0) is 14.4 Å². The molecule has 1 aliphatic carbocycles. The van der Waals surface area contributed by atoms with E-state index in [2.05, 4.69) is 11.4 Å². The SMILES string of the molecule is O=C(CCN1CC(=O)N2CCCCC2C1=O)NCCC1=CCCCC1. The van der Waals surface area contributed by atoms with Crippen LogP contribution in [0, 0.1) is 0 Å². The highest BCUT2D eigenvalue weighted by atomic mass is 16.2. The van der Waals surface area contributed by atoms with E-state index in [1.54, 1.807) is 9.80 Å². The summed E-state index contributed by atoms with van der Waals surface area (Å²) in [6.45, 7) is 1.81. The topological polar surface area (TPSA) is 69.7 Å². The highest BCUT2D eigenvalue weighted by Gasteiger charge is 2.40. The zero-order valence-electron chi connectivity index (χ0n) is 15.0. The minimum Gasteiger partial charge on any atom is -0.356 e. The fourth-order valence-corrected chi connectivity index (χ4v) is 4.04. The lowest BCUT2D eigenvalue weighted by atomic mass is 9.97. The third-order valence-corrected chi connectivity index (χ3v) is 5.51. The lowest BCUT2D eigenvalue weighted by Crippen LogP contribution is -2.61. The summed E-state index contributed by atoms with van der Waals surface area (Å²) in [5, 5.41) is 2.94. The van der Waals surface area contributed by atoms with Crippen LogP contribution in [0.15, 0.2) is 11.6 Å². The molecule has 2 heterocycles. The third-order valence-electron chi connectivity index (χ3n) is 5.51. The third kappa shape index (κ3) is 4.61. The molecule has 3 amide bonds. The number of allylic oxidation sites excluding steroid dienone is 1. The van der Waals surface area contributed by atoms with Gasteiger partial charge in [0, 0.05) is 26.1 Å². The Morgan fingerprint density at radius 3 is 2.88 bits per heavy atom. The molecule has 0 aromatic heterocycles. The first-order valence-electron chi connectivity index (χ1n) is 9.68. The monoisotopic (exact) mass is 347 g/mol. The fraction of sp³-hybridized carbons (Fsp3) is 0.737. The van der Waals surface area contributed by atoms with E-state index in [4.69, 9.17) is 0 Å². The van der Waals surface area contributed by atoms with Crippen LogP contribution < -0.4 is 5.32 Å². The molecular weight excluding hydrogens is 318 g/mol. The van der Waals surface area contributed by atoms with Gasteiger partial charge in [-0.15, -0.1) is 0 Å². The molecule has 3 rings (SSSR count). The first kappa shape index (κ1) is 18.0. The molecule has 2 fully saturated rings. The van der Waals surface area contributed by atoms with E-state index in [0.29, 0.717) is 19.6 Å². The van der Waals surface area contributed by atoms with Crippen LogP contribution >= 0.6 is 0 Å². The van der Waals surface area contributed by atoms with Crippen LogP contribution in [-0.4, -0.2) is 59.7 Å². The molecule has 3 aliphatic rings. The molecule has 0 aromatic carbocycles. The lowest BCUT2D eigenvalue weighted by molar-refractivity contribution is -0.158. The molecular formula is C19H29N3O3. The molecule has 2 aliphatic heterocycles. The van der Waals surface area contributed by atoms with Crippen molar-refractivity contribution in [1.29, 1.82) is 0 Å². The van der Waals surface area contributed by atoms with Gasteiger partial charge in [0.15, 0.2) is 0 Å². The molecule has 2 saturated heterocycles. The highest BCUT2D eigenvalue weighted by Crippen LogP contribution is 2.23. The minimum absolute atomic E-state index is 0.0134. The summed E-state index contributed by atoms with van der Waals surface area (Å²) in [7, 11) is 0. The molecule has 0 saturated carbocycles. The minimum atomic E-state index is -0.295. The van der Waals surface area contributed by atoms with E-state index in [1.807, 2.05) is 0 Å². The molecule has 6 nitrogen and oxygen atoms in total. The van der Waals surface area contributed by atoms with Crippen molar-refractivity contribution in [2.45, 2.75) is 63.8 Å². The van der Waals surface area contributed by atoms with Crippen LogP contribution in [0.4, 0.5) is 0 Å². The maximum absolute atomic E-state index is 12.5. The smallest absolute Gasteiger partial charge is 0.245 e. The van der Waals surface area contributed by atoms with E-state index in [0.717, 1.165) is 38.5 Å². The number of fused-ring (bicyclic) bond motifs is 1. The molecule has 1 N–H and O–H groups in total. The molecule has 0 spiro atoms. The van der Waals surface area contributed by atoms with Crippen LogP contribution in [0.5, 0.6) is 0 Å². The number of carbonyl (C=O) groups excluding carboxylic acids is 3. The van der Waals surface area contributed by atoms with Gasteiger partial charge in [0.25, 0.3) is 0 Å². The van der Waals surface area contributed by atoms with Gasteiger partial charge in [-0.05, 0) is 51.4 Å². The molecule has 0 aromatic rings. The molecule has 0 bridgehead atoms. The number of carbonyl (C=O) groups is 3. The quantitative estimate of drug-likeness (QED) is 0.742. The Hall–Kier alpha value is -1.85. The number of hydrogen-bond donors (Lipinski definition) is 1. The summed E-state index contributed by atoms with van der Waals surface area (Å²) < 4.78 is 0. The number of nitrogens with one attached hydrogen (secondary N) is 1. The van der Waals surface area contributed by atoms with Crippen molar-refractivity contribution < 1.29 is 14.4 Å². The number of piperidine rings is 1. The van der Waals surface area contributed by atoms with Crippen molar-refractivity contribution in [3.05, 3.63) is 11.6 Å². The molecule has 138 valence electrons. The average Bonchev–Trinajstić information content (AvgIpc) is 2.64. The average molecular weight is 347 g/mol. The number of rotatable bonds is 6. The lowest BCUT2D eigenvalue weighted by Gasteiger charge is -2.42. The van der Waals surface area contributed by atoms with Crippen molar-refractivity contribution in [3.8, 4) is 0 Å². The van der Waals surface area contributed by atoms with Gasteiger partial charge in [0.05, 0.1) is 6.54 Å². The molecule has 25 heavy (non-hydrogen) atoms. The first-order chi connectivity index (χ1) is 12.1. The van der Waals surface area contributed by atoms with Gasteiger partial charge >= 0.3 is 0 Å². The van der Waals surface area contributed by atoms with Crippen molar-refractivity contribution in [2.24, 2.45) is 0 Å². The zero-order valence-corrected chi connectivity index (χ0v) is 15.0. The van der Waals surface area contributed by atoms with E-state index in [-0.39, 0.29) is 36.7 Å². The van der Waals surface area contributed by atoms with E-state index in [1.165, 1.54) is 18.4 Å². The number of nitrogens with zero attached hydrogens (tertiary/aromatic N) is 2. The Balaban J connectivity index is 1.40. The number of amides is 3. The number of piperazine rings is 1. The largest absolute Gasteiger partial charge is 0.356 e. The Labute approximate surface area is 149 Å². The Morgan fingerprint density at radius 1 is 1.20 bits per heavy atom. The Morgan fingerprint density at radius 2 is 2.08 bits per heavy atom.